The smallest absolute Gasteiger partial charge is 0.380 e. The molecule has 0 saturated carbocycles. The highest BCUT2D eigenvalue weighted by molar-refractivity contribution is 9.10. The summed E-state index contributed by atoms with van der Waals surface area (Å²) in [6, 6.07) is 12.3. The second kappa shape index (κ2) is 6.19. The Hall–Kier alpha value is -2.00. The van der Waals surface area contributed by atoms with Gasteiger partial charge >= 0.3 is 6.18 Å². The summed E-state index contributed by atoms with van der Waals surface area (Å²) in [5, 5.41) is 11.9. The van der Waals surface area contributed by atoms with Gasteiger partial charge in [-0.2, -0.15) is 18.4 Å². The van der Waals surface area contributed by atoms with E-state index in [2.05, 4.69) is 21.2 Å². The van der Waals surface area contributed by atoms with Gasteiger partial charge in [0.25, 0.3) is 0 Å². The normalized spacial score (nSPS) is 11.0. The molecule has 108 valence electrons. The highest BCUT2D eigenvalue weighted by Gasteiger charge is 2.32. The molecule has 0 heterocycles. The summed E-state index contributed by atoms with van der Waals surface area (Å²) < 4.78 is 39.4. The highest BCUT2D eigenvalue weighted by atomic mass is 79.9. The van der Waals surface area contributed by atoms with Gasteiger partial charge in [-0.3, -0.25) is 0 Å². The Bertz CT molecular complexity index is 690. The van der Waals surface area contributed by atoms with E-state index in [9.17, 15) is 13.2 Å². The van der Waals surface area contributed by atoms with Crippen LogP contribution in [0.5, 0.6) is 0 Å². The molecule has 2 aromatic rings. The number of alkyl halides is 3. The fraction of sp³-hybridized carbons (Fsp3) is 0.133. The van der Waals surface area contributed by atoms with Crippen LogP contribution in [-0.2, 0) is 12.7 Å². The molecule has 21 heavy (non-hydrogen) atoms. The Morgan fingerprint density at radius 1 is 1.14 bits per heavy atom. The standard InChI is InChI=1S/C15H10BrF3N2/c16-12-6-5-10(8-20)14(7-12)21-9-11-3-1-2-4-13(11)15(17,18)19/h1-7,21H,9H2. The molecule has 0 aliphatic heterocycles. The third kappa shape index (κ3) is 3.76. The number of anilines is 1. The maximum atomic E-state index is 12.9. The van der Waals surface area contributed by atoms with Crippen molar-refractivity contribution < 1.29 is 13.2 Å². The van der Waals surface area contributed by atoms with Crippen molar-refractivity contribution in [2.24, 2.45) is 0 Å². The van der Waals surface area contributed by atoms with Crippen molar-refractivity contribution in [3.05, 3.63) is 63.6 Å². The molecule has 2 nitrogen and oxygen atoms in total. The lowest BCUT2D eigenvalue weighted by Gasteiger charge is -2.14. The van der Waals surface area contributed by atoms with Gasteiger partial charge in [-0.05, 0) is 29.8 Å². The van der Waals surface area contributed by atoms with Crippen LogP contribution in [0.4, 0.5) is 18.9 Å². The van der Waals surface area contributed by atoms with E-state index in [1.165, 1.54) is 12.1 Å². The first-order valence-electron chi connectivity index (χ1n) is 6.00. The zero-order valence-electron chi connectivity index (χ0n) is 10.7. The van der Waals surface area contributed by atoms with Gasteiger partial charge in [0.05, 0.1) is 16.8 Å². The SMILES string of the molecule is N#Cc1ccc(Br)cc1NCc1ccccc1C(F)(F)F. The van der Waals surface area contributed by atoms with Crippen LogP contribution in [0.2, 0.25) is 0 Å². The number of nitriles is 1. The molecule has 0 aliphatic rings. The molecule has 6 heteroatoms. The fourth-order valence-corrected chi connectivity index (χ4v) is 2.26. The van der Waals surface area contributed by atoms with E-state index in [0.29, 0.717) is 11.3 Å². The van der Waals surface area contributed by atoms with Gasteiger partial charge in [0, 0.05) is 11.0 Å². The summed E-state index contributed by atoms with van der Waals surface area (Å²) in [5.74, 6) is 0. The minimum Gasteiger partial charge on any atom is -0.380 e. The monoisotopic (exact) mass is 354 g/mol. The topological polar surface area (TPSA) is 35.8 Å². The first-order valence-corrected chi connectivity index (χ1v) is 6.80. The molecular weight excluding hydrogens is 345 g/mol. The third-order valence-electron chi connectivity index (χ3n) is 2.89. The van der Waals surface area contributed by atoms with Gasteiger partial charge < -0.3 is 5.32 Å². The molecule has 0 saturated heterocycles. The van der Waals surface area contributed by atoms with Crippen molar-refractivity contribution in [3.63, 3.8) is 0 Å². The van der Waals surface area contributed by atoms with E-state index >= 15 is 0 Å². The molecule has 2 rings (SSSR count). The summed E-state index contributed by atoms with van der Waals surface area (Å²) in [4.78, 5) is 0. The van der Waals surface area contributed by atoms with E-state index in [0.717, 1.165) is 10.5 Å². The molecule has 0 atom stereocenters. The van der Waals surface area contributed by atoms with Gasteiger partial charge in [0.1, 0.15) is 6.07 Å². The van der Waals surface area contributed by atoms with Crippen molar-refractivity contribution in [2.45, 2.75) is 12.7 Å². The summed E-state index contributed by atoms with van der Waals surface area (Å²) >= 11 is 3.27. The first kappa shape index (κ1) is 15.4. The van der Waals surface area contributed by atoms with Crippen molar-refractivity contribution in [3.8, 4) is 6.07 Å². The van der Waals surface area contributed by atoms with E-state index in [1.54, 1.807) is 24.3 Å². The first-order chi connectivity index (χ1) is 9.91. The predicted octanol–water partition coefficient (Wildman–Crippen LogP) is 4.95. The minimum atomic E-state index is -4.40. The lowest BCUT2D eigenvalue weighted by atomic mass is 10.1. The molecule has 0 fully saturated rings. The molecule has 2 aromatic carbocycles. The largest absolute Gasteiger partial charge is 0.416 e. The maximum Gasteiger partial charge on any atom is 0.416 e. The van der Waals surface area contributed by atoms with Crippen LogP contribution >= 0.6 is 15.9 Å². The molecule has 0 spiro atoms. The van der Waals surface area contributed by atoms with Gasteiger partial charge in [0.2, 0.25) is 0 Å². The van der Waals surface area contributed by atoms with Gasteiger partial charge in [-0.25, -0.2) is 0 Å². The van der Waals surface area contributed by atoms with E-state index in [1.807, 2.05) is 6.07 Å². The number of rotatable bonds is 3. The summed E-state index contributed by atoms with van der Waals surface area (Å²) in [6.07, 6.45) is -4.40. The molecule has 0 aromatic heterocycles. The van der Waals surface area contributed by atoms with E-state index in [4.69, 9.17) is 5.26 Å². The van der Waals surface area contributed by atoms with Gasteiger partial charge in [-0.1, -0.05) is 34.1 Å². The molecule has 1 N–H and O–H groups in total. The lowest BCUT2D eigenvalue weighted by molar-refractivity contribution is -0.138. The van der Waals surface area contributed by atoms with Crippen LogP contribution in [-0.4, -0.2) is 0 Å². The molecule has 0 aliphatic carbocycles. The van der Waals surface area contributed by atoms with Crippen LogP contribution in [0.1, 0.15) is 16.7 Å². The third-order valence-corrected chi connectivity index (χ3v) is 3.39. The highest BCUT2D eigenvalue weighted by Crippen LogP contribution is 2.32. The van der Waals surface area contributed by atoms with E-state index < -0.39 is 11.7 Å². The summed E-state index contributed by atoms with van der Waals surface area (Å²) in [5.41, 5.74) is 0.325. The molecular formula is C15H10BrF3N2. The van der Waals surface area contributed by atoms with Crippen LogP contribution in [0.25, 0.3) is 0 Å². The second-order valence-corrected chi connectivity index (χ2v) is 5.23. The summed E-state index contributed by atoms with van der Waals surface area (Å²) in [6.45, 7) is -0.0131. The minimum absolute atomic E-state index is 0.0131. The van der Waals surface area contributed by atoms with Crippen LogP contribution < -0.4 is 5.32 Å². The molecule has 0 unspecified atom stereocenters. The van der Waals surface area contributed by atoms with Crippen molar-refractivity contribution >= 4 is 21.6 Å². The Labute approximate surface area is 128 Å². The number of nitrogens with zero attached hydrogens (tertiary/aromatic N) is 1. The Balaban J connectivity index is 2.26. The summed E-state index contributed by atoms with van der Waals surface area (Å²) in [7, 11) is 0. The van der Waals surface area contributed by atoms with Crippen LogP contribution in [0, 0.1) is 11.3 Å². The van der Waals surface area contributed by atoms with Crippen LogP contribution in [0.3, 0.4) is 0 Å². The van der Waals surface area contributed by atoms with Crippen molar-refractivity contribution in [1.29, 1.82) is 5.26 Å². The van der Waals surface area contributed by atoms with Gasteiger partial charge in [0.15, 0.2) is 0 Å². The average Bonchev–Trinajstić information content (AvgIpc) is 2.44. The fourth-order valence-electron chi connectivity index (χ4n) is 1.90. The Morgan fingerprint density at radius 2 is 1.86 bits per heavy atom. The molecule has 0 bridgehead atoms. The molecule has 0 amide bonds. The van der Waals surface area contributed by atoms with E-state index in [-0.39, 0.29) is 12.1 Å². The second-order valence-electron chi connectivity index (χ2n) is 4.31. The quantitative estimate of drug-likeness (QED) is 0.846. The molecule has 0 radical (unpaired) electrons. The number of halogens is 4. The number of hydrogen-bond acceptors (Lipinski definition) is 2. The predicted molar refractivity (Wildman–Crippen MR) is 77.6 cm³/mol. The zero-order valence-corrected chi connectivity index (χ0v) is 12.3. The Morgan fingerprint density at radius 3 is 2.52 bits per heavy atom. The van der Waals surface area contributed by atoms with Crippen molar-refractivity contribution in [2.75, 3.05) is 5.32 Å². The lowest BCUT2D eigenvalue weighted by Crippen LogP contribution is -2.12. The maximum absolute atomic E-state index is 12.9. The Kier molecular flexibility index (Phi) is 4.53. The number of benzene rings is 2. The average molecular weight is 355 g/mol. The number of nitrogens with one attached hydrogen (secondary N) is 1. The van der Waals surface area contributed by atoms with Gasteiger partial charge in [-0.15, -0.1) is 0 Å². The number of hydrogen-bond donors (Lipinski definition) is 1. The van der Waals surface area contributed by atoms with Crippen LogP contribution in [0.15, 0.2) is 46.9 Å². The zero-order chi connectivity index (χ0) is 15.5. The van der Waals surface area contributed by atoms with Crippen molar-refractivity contribution in [1.82, 2.24) is 0 Å².